The molecule has 0 bridgehead atoms. The average molecular weight is 227 g/mol. The highest BCUT2D eigenvalue weighted by atomic mass is 79.9. The zero-order valence-corrected chi connectivity index (χ0v) is 8.75. The van der Waals surface area contributed by atoms with Crippen molar-refractivity contribution in [3.05, 3.63) is 28.7 Å². The molecular weight excluding hydrogens is 216 g/mol. The molecular formula is C9H11BrN2. The summed E-state index contributed by atoms with van der Waals surface area (Å²) >= 11 is 3.36. The van der Waals surface area contributed by atoms with Gasteiger partial charge in [-0.2, -0.15) is 0 Å². The first kappa shape index (κ1) is 9.26. The highest BCUT2D eigenvalue weighted by Crippen LogP contribution is 2.15. The van der Waals surface area contributed by atoms with Gasteiger partial charge >= 0.3 is 0 Å². The lowest BCUT2D eigenvalue weighted by Crippen LogP contribution is -2.06. The molecule has 0 spiro atoms. The van der Waals surface area contributed by atoms with Crippen molar-refractivity contribution in [1.82, 2.24) is 4.90 Å². The maximum Gasteiger partial charge on any atom is 0.0907 e. The van der Waals surface area contributed by atoms with Crippen LogP contribution in [-0.4, -0.2) is 25.3 Å². The first-order valence-electron chi connectivity index (χ1n) is 3.64. The third-order valence-corrected chi connectivity index (χ3v) is 1.79. The summed E-state index contributed by atoms with van der Waals surface area (Å²) in [5, 5.41) is 0. The topological polar surface area (TPSA) is 15.6 Å². The number of rotatable bonds is 2. The van der Waals surface area contributed by atoms with E-state index in [0.29, 0.717) is 0 Å². The van der Waals surface area contributed by atoms with Crippen LogP contribution in [0.1, 0.15) is 0 Å². The molecule has 0 atom stereocenters. The zero-order chi connectivity index (χ0) is 8.97. The lowest BCUT2D eigenvalue weighted by molar-refractivity contribution is 0.643. The molecule has 1 rings (SSSR count). The maximum absolute atomic E-state index is 4.23. The van der Waals surface area contributed by atoms with Crippen molar-refractivity contribution in [1.29, 1.82) is 0 Å². The summed E-state index contributed by atoms with van der Waals surface area (Å²) < 4.78 is 1.08. The standard InChI is InChI=1S/C9H11BrN2/c1-12(2)7-11-9-5-3-8(10)4-6-9/h3-7H,1-2H3. The molecule has 0 N–H and O–H groups in total. The molecule has 0 unspecified atom stereocenters. The molecule has 0 aromatic heterocycles. The Hall–Kier alpha value is -0.830. The summed E-state index contributed by atoms with van der Waals surface area (Å²) in [5.74, 6) is 0. The smallest absolute Gasteiger partial charge is 0.0907 e. The monoisotopic (exact) mass is 226 g/mol. The van der Waals surface area contributed by atoms with Crippen LogP contribution >= 0.6 is 15.9 Å². The Kier molecular flexibility index (Phi) is 3.29. The van der Waals surface area contributed by atoms with E-state index in [-0.39, 0.29) is 0 Å². The van der Waals surface area contributed by atoms with Crippen molar-refractivity contribution in [2.24, 2.45) is 4.99 Å². The largest absolute Gasteiger partial charge is 0.369 e. The third kappa shape index (κ3) is 3.05. The van der Waals surface area contributed by atoms with E-state index in [1.54, 1.807) is 6.34 Å². The zero-order valence-electron chi connectivity index (χ0n) is 7.16. The minimum atomic E-state index is 0.965. The van der Waals surface area contributed by atoms with Crippen LogP contribution in [-0.2, 0) is 0 Å². The fourth-order valence-electron chi connectivity index (χ4n) is 0.709. The number of nitrogens with zero attached hydrogens (tertiary/aromatic N) is 2. The average Bonchev–Trinajstić information content (AvgIpc) is 2.03. The Bertz CT molecular complexity index is 264. The van der Waals surface area contributed by atoms with E-state index in [1.807, 2.05) is 43.3 Å². The Labute approximate surface area is 81.0 Å². The fraction of sp³-hybridized carbons (Fsp3) is 0.222. The predicted octanol–water partition coefficient (Wildman–Crippen LogP) is 2.67. The van der Waals surface area contributed by atoms with Gasteiger partial charge in [-0.15, -0.1) is 0 Å². The van der Waals surface area contributed by atoms with E-state index in [0.717, 1.165) is 10.2 Å². The minimum absolute atomic E-state index is 0.965. The molecule has 64 valence electrons. The maximum atomic E-state index is 4.23. The molecule has 0 aliphatic rings. The first-order valence-corrected chi connectivity index (χ1v) is 4.44. The van der Waals surface area contributed by atoms with Crippen molar-refractivity contribution in [2.45, 2.75) is 0 Å². The van der Waals surface area contributed by atoms with E-state index in [1.165, 1.54) is 0 Å². The number of halogens is 1. The molecule has 12 heavy (non-hydrogen) atoms. The third-order valence-electron chi connectivity index (χ3n) is 1.26. The number of benzene rings is 1. The molecule has 1 aromatic carbocycles. The van der Waals surface area contributed by atoms with Gasteiger partial charge in [-0.05, 0) is 24.3 Å². The molecule has 0 aliphatic carbocycles. The van der Waals surface area contributed by atoms with Crippen molar-refractivity contribution in [3.63, 3.8) is 0 Å². The summed E-state index contributed by atoms with van der Waals surface area (Å²) in [6.07, 6.45) is 1.78. The molecule has 0 fully saturated rings. The molecule has 0 saturated carbocycles. The van der Waals surface area contributed by atoms with Crippen LogP contribution in [0.3, 0.4) is 0 Å². The highest BCUT2D eigenvalue weighted by molar-refractivity contribution is 9.10. The van der Waals surface area contributed by atoms with Gasteiger partial charge < -0.3 is 4.90 Å². The van der Waals surface area contributed by atoms with Crippen molar-refractivity contribution >= 4 is 28.0 Å². The van der Waals surface area contributed by atoms with Crippen LogP contribution < -0.4 is 0 Å². The Morgan fingerprint density at radius 3 is 2.33 bits per heavy atom. The van der Waals surface area contributed by atoms with Crippen molar-refractivity contribution < 1.29 is 0 Å². The van der Waals surface area contributed by atoms with Crippen molar-refractivity contribution in [3.8, 4) is 0 Å². The van der Waals surface area contributed by atoms with Crippen LogP contribution in [0.25, 0.3) is 0 Å². The van der Waals surface area contributed by atoms with E-state index in [4.69, 9.17) is 0 Å². The predicted molar refractivity (Wildman–Crippen MR) is 56.0 cm³/mol. The lowest BCUT2D eigenvalue weighted by Gasteiger charge is -2.01. The molecule has 1 aromatic rings. The van der Waals surface area contributed by atoms with Crippen LogP contribution in [0.15, 0.2) is 33.7 Å². The summed E-state index contributed by atoms with van der Waals surface area (Å²) in [7, 11) is 3.89. The molecule has 0 aliphatic heterocycles. The van der Waals surface area contributed by atoms with Crippen LogP contribution in [0, 0.1) is 0 Å². The van der Waals surface area contributed by atoms with E-state index in [2.05, 4.69) is 20.9 Å². The van der Waals surface area contributed by atoms with Gasteiger partial charge in [-0.25, -0.2) is 4.99 Å². The number of hydrogen-bond donors (Lipinski definition) is 0. The molecule has 0 radical (unpaired) electrons. The fourth-order valence-corrected chi connectivity index (χ4v) is 0.974. The summed E-state index contributed by atoms with van der Waals surface area (Å²) in [5.41, 5.74) is 0.965. The van der Waals surface area contributed by atoms with Gasteiger partial charge in [0.25, 0.3) is 0 Å². The molecule has 0 heterocycles. The normalized spacial score (nSPS) is 10.6. The molecule has 0 amide bonds. The number of hydrogen-bond acceptors (Lipinski definition) is 1. The van der Waals surface area contributed by atoms with Gasteiger partial charge in [0.15, 0.2) is 0 Å². The lowest BCUT2D eigenvalue weighted by atomic mass is 10.3. The Morgan fingerprint density at radius 2 is 1.83 bits per heavy atom. The van der Waals surface area contributed by atoms with Crippen LogP contribution in [0.5, 0.6) is 0 Å². The summed E-state index contributed by atoms with van der Waals surface area (Å²) in [6.45, 7) is 0. The van der Waals surface area contributed by atoms with E-state index >= 15 is 0 Å². The van der Waals surface area contributed by atoms with E-state index < -0.39 is 0 Å². The molecule has 2 nitrogen and oxygen atoms in total. The van der Waals surface area contributed by atoms with Crippen LogP contribution in [0.4, 0.5) is 5.69 Å². The first-order chi connectivity index (χ1) is 5.68. The minimum Gasteiger partial charge on any atom is -0.369 e. The summed E-state index contributed by atoms with van der Waals surface area (Å²) in [6, 6.07) is 7.87. The molecule has 3 heteroatoms. The second kappa shape index (κ2) is 4.26. The van der Waals surface area contributed by atoms with Gasteiger partial charge in [-0.1, -0.05) is 15.9 Å². The van der Waals surface area contributed by atoms with E-state index in [9.17, 15) is 0 Å². The SMILES string of the molecule is CN(C)C=Nc1ccc(Br)cc1. The van der Waals surface area contributed by atoms with Gasteiger partial charge in [-0.3, -0.25) is 0 Å². The highest BCUT2D eigenvalue weighted by Gasteiger charge is 1.87. The quantitative estimate of drug-likeness (QED) is 0.560. The van der Waals surface area contributed by atoms with Gasteiger partial charge in [0.1, 0.15) is 0 Å². The Morgan fingerprint density at radius 1 is 1.25 bits per heavy atom. The molecule has 0 saturated heterocycles. The van der Waals surface area contributed by atoms with Gasteiger partial charge in [0, 0.05) is 18.6 Å². The second-order valence-electron chi connectivity index (χ2n) is 2.68. The summed E-state index contributed by atoms with van der Waals surface area (Å²) in [4.78, 5) is 6.13. The van der Waals surface area contributed by atoms with Gasteiger partial charge in [0.05, 0.1) is 12.0 Å². The van der Waals surface area contributed by atoms with Crippen molar-refractivity contribution in [2.75, 3.05) is 14.1 Å². The Balaban J connectivity index is 2.71. The van der Waals surface area contributed by atoms with Gasteiger partial charge in [0.2, 0.25) is 0 Å². The van der Waals surface area contributed by atoms with Crippen LogP contribution in [0.2, 0.25) is 0 Å². The second-order valence-corrected chi connectivity index (χ2v) is 3.60. The number of aliphatic imine (C=N–C) groups is 1.